The minimum Gasteiger partial charge on any atom is -0.474 e. The van der Waals surface area contributed by atoms with Gasteiger partial charge < -0.3 is 25.4 Å². The number of esters is 1. The first-order chi connectivity index (χ1) is 16.3. The van der Waals surface area contributed by atoms with Crippen molar-refractivity contribution in [1.82, 2.24) is 4.98 Å². The summed E-state index contributed by atoms with van der Waals surface area (Å²) in [6, 6.07) is 8.84. The molecule has 0 amide bonds. The van der Waals surface area contributed by atoms with Gasteiger partial charge in [-0.1, -0.05) is 16.8 Å². The smallest absolute Gasteiger partial charge is 0.367 e. The molecule has 10 heteroatoms. The molecule has 9 nitrogen and oxygen atoms in total. The second kappa shape index (κ2) is 11.7. The molecule has 34 heavy (non-hydrogen) atoms. The van der Waals surface area contributed by atoms with Crippen LogP contribution in [0.5, 0.6) is 5.88 Å². The highest BCUT2D eigenvalue weighted by molar-refractivity contribution is 6.32. The standard InChI is InChI=1S/C24H29ClN4O5/c1-4-32-23(30)16-7-10-19(11-16)28-18-8-5-15(6-9-18)21(26)29-34-24(31)17-12-20(25)22(27-13-17)33-14(2)3/h5-6,8-9,12-14,16,19,28H,4,7,10-11H2,1-3H3,(H2,26,29)/t16-,19+/m1/s1. The summed E-state index contributed by atoms with van der Waals surface area (Å²) < 4.78 is 10.6. The fraction of sp³-hybridized carbons (Fsp3) is 0.417. The summed E-state index contributed by atoms with van der Waals surface area (Å²) in [5.41, 5.74) is 7.57. The quantitative estimate of drug-likeness (QED) is 0.177. The second-order valence-corrected chi connectivity index (χ2v) is 8.62. The van der Waals surface area contributed by atoms with Crippen LogP contribution in [0.3, 0.4) is 0 Å². The zero-order valence-corrected chi connectivity index (χ0v) is 20.2. The summed E-state index contributed by atoms with van der Waals surface area (Å²) >= 11 is 6.10. The van der Waals surface area contributed by atoms with Crippen LogP contribution in [0.2, 0.25) is 5.02 Å². The van der Waals surface area contributed by atoms with Crippen LogP contribution in [-0.4, -0.2) is 41.5 Å². The third-order valence-corrected chi connectivity index (χ3v) is 5.49. The highest BCUT2D eigenvalue weighted by atomic mass is 35.5. The van der Waals surface area contributed by atoms with Crippen molar-refractivity contribution in [3.05, 3.63) is 52.7 Å². The normalized spacial score (nSPS) is 18.0. The Morgan fingerprint density at radius 3 is 2.62 bits per heavy atom. The van der Waals surface area contributed by atoms with Gasteiger partial charge in [-0.2, -0.15) is 0 Å². The third-order valence-electron chi connectivity index (χ3n) is 5.22. The number of ether oxygens (including phenoxy) is 2. The monoisotopic (exact) mass is 488 g/mol. The van der Waals surface area contributed by atoms with Crippen molar-refractivity contribution >= 4 is 35.1 Å². The lowest BCUT2D eigenvalue weighted by molar-refractivity contribution is -0.147. The highest BCUT2D eigenvalue weighted by Gasteiger charge is 2.30. The molecular formula is C24H29ClN4O5. The highest BCUT2D eigenvalue weighted by Crippen LogP contribution is 2.29. The molecule has 0 radical (unpaired) electrons. The summed E-state index contributed by atoms with van der Waals surface area (Å²) in [7, 11) is 0. The molecule has 1 saturated carbocycles. The Hall–Kier alpha value is -3.33. The van der Waals surface area contributed by atoms with E-state index in [1.54, 1.807) is 12.1 Å². The predicted octanol–water partition coefficient (Wildman–Crippen LogP) is 4.14. The molecule has 1 aliphatic carbocycles. The van der Waals surface area contributed by atoms with Crippen LogP contribution in [0, 0.1) is 5.92 Å². The number of anilines is 1. The maximum atomic E-state index is 12.3. The molecular weight excluding hydrogens is 460 g/mol. The van der Waals surface area contributed by atoms with Crippen LogP contribution in [0.15, 0.2) is 41.7 Å². The molecule has 3 N–H and O–H groups in total. The van der Waals surface area contributed by atoms with E-state index in [1.807, 2.05) is 32.9 Å². The Balaban J connectivity index is 1.54. The first-order valence-corrected chi connectivity index (χ1v) is 11.5. The molecule has 1 aliphatic rings. The second-order valence-electron chi connectivity index (χ2n) is 8.21. The van der Waals surface area contributed by atoms with Crippen molar-refractivity contribution in [3.63, 3.8) is 0 Å². The van der Waals surface area contributed by atoms with Gasteiger partial charge >= 0.3 is 11.9 Å². The molecule has 0 unspecified atom stereocenters. The van der Waals surface area contributed by atoms with E-state index in [9.17, 15) is 9.59 Å². The van der Waals surface area contributed by atoms with E-state index >= 15 is 0 Å². The molecule has 1 heterocycles. The van der Waals surface area contributed by atoms with E-state index in [2.05, 4.69) is 15.5 Å². The number of rotatable bonds is 9. The average Bonchev–Trinajstić information content (AvgIpc) is 3.27. The van der Waals surface area contributed by atoms with Gasteiger partial charge in [0.2, 0.25) is 5.88 Å². The van der Waals surface area contributed by atoms with Gasteiger partial charge in [0.25, 0.3) is 0 Å². The Kier molecular flexibility index (Phi) is 8.70. The Morgan fingerprint density at radius 2 is 1.97 bits per heavy atom. The summed E-state index contributed by atoms with van der Waals surface area (Å²) in [4.78, 5) is 33.1. The van der Waals surface area contributed by atoms with Crippen molar-refractivity contribution < 1.29 is 23.9 Å². The van der Waals surface area contributed by atoms with Crippen LogP contribution in [0.4, 0.5) is 5.69 Å². The van der Waals surface area contributed by atoms with E-state index in [0.717, 1.165) is 24.9 Å². The minimum atomic E-state index is -0.746. The number of oxime groups is 1. The minimum absolute atomic E-state index is 0.0435. The van der Waals surface area contributed by atoms with Gasteiger partial charge in [0.05, 0.1) is 24.2 Å². The molecule has 1 fully saturated rings. The van der Waals surface area contributed by atoms with Gasteiger partial charge in [0.15, 0.2) is 5.84 Å². The van der Waals surface area contributed by atoms with Gasteiger partial charge in [-0.15, -0.1) is 0 Å². The van der Waals surface area contributed by atoms with Crippen LogP contribution in [0.1, 0.15) is 56.0 Å². The summed E-state index contributed by atoms with van der Waals surface area (Å²) in [6.07, 6.45) is 3.65. The number of carbonyl (C=O) groups excluding carboxylic acids is 2. The lowest BCUT2D eigenvalue weighted by Crippen LogP contribution is -2.20. The Morgan fingerprint density at radius 1 is 1.24 bits per heavy atom. The van der Waals surface area contributed by atoms with E-state index in [0.29, 0.717) is 12.2 Å². The van der Waals surface area contributed by atoms with Gasteiger partial charge in [0, 0.05) is 23.5 Å². The molecule has 1 aromatic carbocycles. The van der Waals surface area contributed by atoms with Crippen LogP contribution in [0.25, 0.3) is 0 Å². The fourth-order valence-corrected chi connectivity index (χ4v) is 3.81. The van der Waals surface area contributed by atoms with E-state index in [-0.39, 0.29) is 46.3 Å². The molecule has 182 valence electrons. The van der Waals surface area contributed by atoms with Crippen LogP contribution in [-0.2, 0) is 14.4 Å². The van der Waals surface area contributed by atoms with Crippen molar-refractivity contribution in [1.29, 1.82) is 0 Å². The number of pyridine rings is 1. The molecule has 2 atom stereocenters. The van der Waals surface area contributed by atoms with Gasteiger partial charge in [0.1, 0.15) is 5.02 Å². The lowest BCUT2D eigenvalue weighted by Gasteiger charge is -2.15. The molecule has 3 rings (SSSR count). The topological polar surface area (TPSA) is 125 Å². The number of benzene rings is 1. The maximum Gasteiger partial charge on any atom is 0.367 e. The number of hydrogen-bond acceptors (Lipinski definition) is 8. The molecule has 0 spiro atoms. The van der Waals surface area contributed by atoms with Gasteiger partial charge in [-0.05, 0) is 70.4 Å². The SMILES string of the molecule is CCOC(=O)[C@@H]1CC[C@H](Nc2ccc(/C(N)=N/OC(=O)c3cnc(OC(C)C)c(Cl)c3)cc2)C1. The molecule has 1 aromatic heterocycles. The average molecular weight is 489 g/mol. The lowest BCUT2D eigenvalue weighted by atomic mass is 10.1. The van der Waals surface area contributed by atoms with Gasteiger partial charge in [-0.25, -0.2) is 9.78 Å². The summed E-state index contributed by atoms with van der Waals surface area (Å²) in [5, 5.41) is 7.34. The fourth-order valence-electron chi connectivity index (χ4n) is 3.60. The van der Waals surface area contributed by atoms with Gasteiger partial charge in [-0.3, -0.25) is 4.79 Å². The van der Waals surface area contributed by atoms with Crippen molar-refractivity contribution in [3.8, 4) is 5.88 Å². The van der Waals surface area contributed by atoms with E-state index < -0.39 is 5.97 Å². The van der Waals surface area contributed by atoms with Crippen LogP contribution < -0.4 is 15.8 Å². The number of nitrogens with one attached hydrogen (secondary N) is 1. The number of nitrogens with zero attached hydrogens (tertiary/aromatic N) is 2. The zero-order valence-electron chi connectivity index (χ0n) is 19.4. The van der Waals surface area contributed by atoms with Crippen molar-refractivity contribution in [2.24, 2.45) is 16.8 Å². The number of aromatic nitrogens is 1. The maximum absolute atomic E-state index is 12.3. The first-order valence-electron chi connectivity index (χ1n) is 11.2. The molecule has 0 saturated heterocycles. The Labute approximate surface area is 203 Å². The van der Waals surface area contributed by atoms with E-state index in [4.69, 9.17) is 31.6 Å². The summed E-state index contributed by atoms with van der Waals surface area (Å²) in [5.74, 6) is -0.651. The number of nitrogens with two attached hydrogens (primary N) is 1. The van der Waals surface area contributed by atoms with E-state index in [1.165, 1.54) is 12.3 Å². The zero-order chi connectivity index (χ0) is 24.7. The predicted molar refractivity (Wildman–Crippen MR) is 129 cm³/mol. The largest absolute Gasteiger partial charge is 0.474 e. The summed E-state index contributed by atoms with van der Waals surface area (Å²) in [6.45, 7) is 5.90. The van der Waals surface area contributed by atoms with Crippen molar-refractivity contribution in [2.45, 2.75) is 52.2 Å². The first kappa shape index (κ1) is 25.3. The molecule has 0 aliphatic heterocycles. The molecule has 2 aromatic rings. The number of hydrogen-bond donors (Lipinski definition) is 2. The number of amidine groups is 1. The van der Waals surface area contributed by atoms with Crippen molar-refractivity contribution in [2.75, 3.05) is 11.9 Å². The Bertz CT molecular complexity index is 1040. The number of halogens is 1. The third kappa shape index (κ3) is 6.84. The number of carbonyl (C=O) groups is 2. The van der Waals surface area contributed by atoms with Crippen LogP contribution >= 0.6 is 11.6 Å². The molecule has 0 bridgehead atoms.